The first kappa shape index (κ1) is 18.2. The van der Waals surface area contributed by atoms with Crippen LogP contribution in [-0.2, 0) is 0 Å². The second-order valence-corrected chi connectivity index (χ2v) is 8.71. The number of ether oxygens (including phenoxy) is 1. The maximum Gasteiger partial charge on any atom is 0.270 e. The lowest BCUT2D eigenvalue weighted by molar-refractivity contribution is 0.102. The number of tetrazole rings is 1. The molecule has 7 nitrogen and oxygen atoms in total. The van der Waals surface area contributed by atoms with Crippen LogP contribution in [-0.4, -0.2) is 39.4 Å². The molecule has 2 N–H and O–H groups in total. The topological polar surface area (TPSA) is 92.8 Å². The first-order chi connectivity index (χ1) is 13.2. The number of thioether (sulfide) groups is 1. The van der Waals surface area contributed by atoms with Crippen LogP contribution in [0.1, 0.15) is 41.8 Å². The number of carbonyl (C=O) groups excluding carboxylic acids is 1. The van der Waals surface area contributed by atoms with Crippen LogP contribution in [0.25, 0.3) is 10.1 Å². The Balaban J connectivity index is 1.64. The highest BCUT2D eigenvalue weighted by Gasteiger charge is 2.22. The summed E-state index contributed by atoms with van der Waals surface area (Å²) in [6.45, 7) is 0. The van der Waals surface area contributed by atoms with Crippen molar-refractivity contribution < 1.29 is 9.53 Å². The third-order valence-corrected chi connectivity index (χ3v) is 7.46. The predicted octanol–water partition coefficient (Wildman–Crippen LogP) is 4.35. The second kappa shape index (κ2) is 8.26. The van der Waals surface area contributed by atoms with Crippen molar-refractivity contribution in [3.8, 4) is 5.75 Å². The van der Waals surface area contributed by atoms with Gasteiger partial charge in [-0.1, -0.05) is 24.4 Å². The molecule has 27 heavy (non-hydrogen) atoms. The molecule has 4 rings (SSSR count). The van der Waals surface area contributed by atoms with Crippen LogP contribution in [0.5, 0.6) is 5.75 Å². The molecule has 2 heterocycles. The Hall–Kier alpha value is -2.13. The zero-order valence-corrected chi connectivity index (χ0v) is 16.7. The van der Waals surface area contributed by atoms with Gasteiger partial charge in [0.05, 0.1) is 7.11 Å². The zero-order valence-electron chi connectivity index (χ0n) is 15.0. The van der Waals surface area contributed by atoms with Crippen molar-refractivity contribution in [1.29, 1.82) is 0 Å². The van der Waals surface area contributed by atoms with E-state index in [-0.39, 0.29) is 11.9 Å². The lowest BCUT2D eigenvalue weighted by Crippen LogP contribution is -2.13. The molecule has 0 radical (unpaired) electrons. The van der Waals surface area contributed by atoms with Crippen molar-refractivity contribution in [2.24, 2.45) is 5.92 Å². The molecule has 0 saturated heterocycles. The van der Waals surface area contributed by atoms with Crippen LogP contribution in [0.15, 0.2) is 23.1 Å². The molecule has 1 aromatic carbocycles. The van der Waals surface area contributed by atoms with Gasteiger partial charge in [0, 0.05) is 20.7 Å². The van der Waals surface area contributed by atoms with Gasteiger partial charge in [0.25, 0.3) is 11.9 Å². The number of carbonyl (C=O) groups is 1. The normalized spacial score (nSPS) is 15.1. The first-order valence-electron chi connectivity index (χ1n) is 9.02. The number of hydrogen-bond acceptors (Lipinski definition) is 7. The summed E-state index contributed by atoms with van der Waals surface area (Å²) in [5, 5.41) is 17.2. The molecule has 1 aliphatic carbocycles. The molecule has 0 unspecified atom stereocenters. The van der Waals surface area contributed by atoms with Crippen LogP contribution >= 0.6 is 23.1 Å². The Bertz CT molecular complexity index is 919. The van der Waals surface area contributed by atoms with Gasteiger partial charge in [0.2, 0.25) is 0 Å². The lowest BCUT2D eigenvalue weighted by Gasteiger charge is -2.21. The van der Waals surface area contributed by atoms with Crippen LogP contribution in [0.4, 0.5) is 5.95 Å². The fourth-order valence-corrected chi connectivity index (χ4v) is 6.03. The average molecular weight is 404 g/mol. The second-order valence-electron chi connectivity index (χ2n) is 6.63. The van der Waals surface area contributed by atoms with E-state index in [1.165, 1.54) is 43.4 Å². The Morgan fingerprint density at radius 2 is 2.22 bits per heavy atom. The summed E-state index contributed by atoms with van der Waals surface area (Å²) in [4.78, 5) is 14.5. The molecular weight excluding hydrogens is 382 g/mol. The van der Waals surface area contributed by atoms with Gasteiger partial charge in [-0.2, -0.15) is 5.21 Å². The monoisotopic (exact) mass is 403 g/mol. The van der Waals surface area contributed by atoms with Crippen LogP contribution in [0, 0.1) is 5.92 Å². The number of anilines is 1. The molecule has 142 valence electrons. The third-order valence-electron chi connectivity index (χ3n) is 4.81. The van der Waals surface area contributed by atoms with Crippen molar-refractivity contribution in [2.75, 3.05) is 18.2 Å². The predicted molar refractivity (Wildman–Crippen MR) is 108 cm³/mol. The number of fused-ring (bicyclic) bond motifs is 1. The maximum atomic E-state index is 12.8. The lowest BCUT2D eigenvalue weighted by atomic mass is 9.91. The van der Waals surface area contributed by atoms with E-state index in [9.17, 15) is 4.79 Å². The molecule has 1 aliphatic rings. The fourth-order valence-electron chi connectivity index (χ4n) is 3.40. The minimum absolute atomic E-state index is 0.179. The summed E-state index contributed by atoms with van der Waals surface area (Å²) in [5.41, 5.74) is 0. The fraction of sp³-hybridized carbons (Fsp3) is 0.444. The molecule has 1 amide bonds. The van der Waals surface area contributed by atoms with Gasteiger partial charge in [-0.15, -0.1) is 28.2 Å². The van der Waals surface area contributed by atoms with Crippen molar-refractivity contribution >= 4 is 45.0 Å². The van der Waals surface area contributed by atoms with Crippen molar-refractivity contribution in [3.05, 3.63) is 23.1 Å². The van der Waals surface area contributed by atoms with Gasteiger partial charge < -0.3 is 4.74 Å². The average Bonchev–Trinajstić information content (AvgIpc) is 3.34. The molecule has 0 atom stereocenters. The van der Waals surface area contributed by atoms with E-state index in [1.807, 2.05) is 18.2 Å². The largest absolute Gasteiger partial charge is 0.497 e. The summed E-state index contributed by atoms with van der Waals surface area (Å²) in [6, 6.07) is 5.95. The number of H-pyrrole nitrogens is 1. The van der Waals surface area contributed by atoms with E-state index >= 15 is 0 Å². The summed E-state index contributed by atoms with van der Waals surface area (Å²) >= 11 is 3.26. The number of aromatic nitrogens is 4. The van der Waals surface area contributed by atoms with Gasteiger partial charge >= 0.3 is 0 Å². The maximum absolute atomic E-state index is 12.8. The Morgan fingerprint density at radius 3 is 2.96 bits per heavy atom. The van der Waals surface area contributed by atoms with Crippen molar-refractivity contribution in [1.82, 2.24) is 20.6 Å². The SMILES string of the molecule is COc1ccc2sc(C(=O)Nc3nn[nH]n3)c(SCC3CCCCC3)c2c1. The van der Waals surface area contributed by atoms with Crippen molar-refractivity contribution in [2.45, 2.75) is 37.0 Å². The number of nitrogens with zero attached hydrogens (tertiary/aromatic N) is 3. The number of nitrogens with one attached hydrogen (secondary N) is 2. The molecule has 3 aromatic rings. The van der Waals surface area contributed by atoms with Gasteiger partial charge in [-0.25, -0.2) is 0 Å². The highest BCUT2D eigenvalue weighted by atomic mass is 32.2. The molecule has 2 aromatic heterocycles. The van der Waals surface area contributed by atoms with E-state index in [0.717, 1.165) is 32.4 Å². The number of hydrogen-bond donors (Lipinski definition) is 2. The summed E-state index contributed by atoms with van der Waals surface area (Å²) in [5.74, 6) is 2.52. The molecule has 1 saturated carbocycles. The molecule has 0 spiro atoms. The Kier molecular flexibility index (Phi) is 5.58. The zero-order chi connectivity index (χ0) is 18.6. The Morgan fingerprint density at radius 1 is 1.37 bits per heavy atom. The quantitative estimate of drug-likeness (QED) is 0.595. The summed E-state index contributed by atoms with van der Waals surface area (Å²) in [7, 11) is 1.66. The van der Waals surface area contributed by atoms with E-state index in [1.54, 1.807) is 18.9 Å². The minimum Gasteiger partial charge on any atom is -0.497 e. The van der Waals surface area contributed by atoms with Crippen LogP contribution in [0.3, 0.4) is 0 Å². The van der Waals surface area contributed by atoms with E-state index in [2.05, 4.69) is 25.9 Å². The number of amides is 1. The van der Waals surface area contributed by atoms with Gasteiger partial charge in [-0.05, 0) is 42.2 Å². The van der Waals surface area contributed by atoms with E-state index < -0.39 is 0 Å². The smallest absolute Gasteiger partial charge is 0.270 e. The third kappa shape index (κ3) is 4.08. The molecule has 9 heteroatoms. The number of thiophene rings is 1. The number of rotatable bonds is 6. The standard InChI is InChI=1S/C18H21N5O2S2/c1-25-12-7-8-14-13(9-12)15(26-10-11-5-3-2-4-6-11)16(27-14)17(24)19-18-20-22-23-21-18/h7-9,11H,2-6,10H2,1H3,(H2,19,20,21,22,23,24). The molecule has 1 fully saturated rings. The number of aromatic amines is 1. The van der Waals surface area contributed by atoms with E-state index in [0.29, 0.717) is 4.88 Å². The molecule has 0 bridgehead atoms. The highest BCUT2D eigenvalue weighted by molar-refractivity contribution is 7.99. The van der Waals surface area contributed by atoms with Gasteiger partial charge in [0.1, 0.15) is 10.6 Å². The van der Waals surface area contributed by atoms with Crippen molar-refractivity contribution in [3.63, 3.8) is 0 Å². The number of benzene rings is 1. The minimum atomic E-state index is -0.206. The summed E-state index contributed by atoms with van der Waals surface area (Å²) in [6.07, 6.45) is 6.53. The molecular formula is C18H21N5O2S2. The Labute approximate surface area is 165 Å². The highest BCUT2D eigenvalue weighted by Crippen LogP contribution is 2.42. The van der Waals surface area contributed by atoms with E-state index in [4.69, 9.17) is 4.74 Å². The number of methoxy groups -OCH3 is 1. The van der Waals surface area contributed by atoms with Gasteiger partial charge in [0.15, 0.2) is 0 Å². The molecule has 0 aliphatic heterocycles. The van der Waals surface area contributed by atoms with Crippen LogP contribution < -0.4 is 10.1 Å². The van der Waals surface area contributed by atoms with Crippen LogP contribution in [0.2, 0.25) is 0 Å². The van der Waals surface area contributed by atoms with Gasteiger partial charge in [-0.3, -0.25) is 10.1 Å². The summed E-state index contributed by atoms with van der Waals surface area (Å²) < 4.78 is 6.46. The first-order valence-corrected chi connectivity index (χ1v) is 10.8.